The lowest BCUT2D eigenvalue weighted by atomic mass is 9.93. The molecule has 0 unspecified atom stereocenters. The molecule has 0 fully saturated rings. The van der Waals surface area contributed by atoms with Crippen LogP contribution in [0.4, 0.5) is 0 Å². The van der Waals surface area contributed by atoms with E-state index in [1.54, 1.807) is 0 Å². The molecule has 3 nitrogen and oxygen atoms in total. The molecule has 100 valence electrons. The predicted molar refractivity (Wildman–Crippen MR) is 75.7 cm³/mol. The lowest BCUT2D eigenvalue weighted by Gasteiger charge is -2.24. The van der Waals surface area contributed by atoms with Crippen molar-refractivity contribution in [3.05, 3.63) is 21.4 Å². The van der Waals surface area contributed by atoms with E-state index in [1.165, 1.54) is 34.6 Å². The highest BCUT2D eigenvalue weighted by atomic mass is 32.1. The van der Waals surface area contributed by atoms with Crippen LogP contribution in [0.25, 0.3) is 0 Å². The smallest absolute Gasteiger partial charge is 0.240 e. The molecular formula is C14H22N2OS. The number of thiophene rings is 1. The van der Waals surface area contributed by atoms with Gasteiger partial charge in [-0.15, -0.1) is 11.3 Å². The van der Waals surface area contributed by atoms with Crippen molar-refractivity contribution in [1.82, 2.24) is 5.32 Å². The molecule has 0 spiro atoms. The summed E-state index contributed by atoms with van der Waals surface area (Å²) in [6.45, 7) is 4.54. The second kappa shape index (κ2) is 5.41. The van der Waals surface area contributed by atoms with Gasteiger partial charge in [-0.1, -0.05) is 13.8 Å². The van der Waals surface area contributed by atoms with Crippen molar-refractivity contribution in [3.63, 3.8) is 0 Å². The Kier molecular flexibility index (Phi) is 4.07. The molecule has 2 rings (SSSR count). The van der Waals surface area contributed by atoms with Gasteiger partial charge in [-0.05, 0) is 43.7 Å². The zero-order chi connectivity index (χ0) is 13.2. The number of hydrogen-bond donors (Lipinski definition) is 2. The van der Waals surface area contributed by atoms with E-state index in [0.717, 1.165) is 0 Å². The minimum absolute atomic E-state index is 0.0268. The largest absolute Gasteiger partial charge is 0.350 e. The maximum absolute atomic E-state index is 12.0. The van der Waals surface area contributed by atoms with Crippen LogP contribution in [0.1, 0.15) is 48.4 Å². The Hall–Kier alpha value is -0.870. The number of carbonyl (C=O) groups is 1. The van der Waals surface area contributed by atoms with Crippen LogP contribution in [-0.4, -0.2) is 11.4 Å². The first-order valence-electron chi connectivity index (χ1n) is 6.76. The third-order valence-corrected chi connectivity index (χ3v) is 5.17. The Morgan fingerprint density at radius 1 is 1.44 bits per heavy atom. The van der Waals surface area contributed by atoms with E-state index >= 15 is 0 Å². The third-order valence-electron chi connectivity index (χ3n) is 3.93. The molecule has 18 heavy (non-hydrogen) atoms. The molecule has 0 aliphatic heterocycles. The molecule has 3 N–H and O–H groups in total. The fourth-order valence-corrected chi connectivity index (χ4v) is 3.59. The van der Waals surface area contributed by atoms with Crippen LogP contribution in [-0.2, 0) is 24.2 Å². The molecule has 1 aromatic rings. The Bertz CT molecular complexity index is 414. The lowest BCUT2D eigenvalue weighted by Crippen LogP contribution is -2.52. The van der Waals surface area contributed by atoms with Gasteiger partial charge >= 0.3 is 0 Å². The molecular weight excluding hydrogens is 244 g/mol. The van der Waals surface area contributed by atoms with Gasteiger partial charge in [-0.2, -0.15) is 0 Å². The van der Waals surface area contributed by atoms with Crippen LogP contribution >= 0.6 is 11.3 Å². The number of rotatable bonds is 5. The molecule has 4 heteroatoms. The summed E-state index contributed by atoms with van der Waals surface area (Å²) in [5, 5.41) is 2.98. The number of nitrogens with one attached hydrogen (secondary N) is 1. The summed E-state index contributed by atoms with van der Waals surface area (Å²) in [5.41, 5.74) is 6.84. The van der Waals surface area contributed by atoms with E-state index in [2.05, 4.69) is 11.4 Å². The molecule has 0 bridgehead atoms. The number of amides is 1. The van der Waals surface area contributed by atoms with Gasteiger partial charge in [-0.25, -0.2) is 0 Å². The highest BCUT2D eigenvalue weighted by Crippen LogP contribution is 2.30. The van der Waals surface area contributed by atoms with Crippen molar-refractivity contribution in [1.29, 1.82) is 0 Å². The van der Waals surface area contributed by atoms with E-state index in [0.29, 0.717) is 19.4 Å². The van der Waals surface area contributed by atoms with Gasteiger partial charge in [0.05, 0.1) is 12.1 Å². The fraction of sp³-hybridized carbons (Fsp3) is 0.643. The zero-order valence-electron chi connectivity index (χ0n) is 11.2. The number of fused-ring (bicyclic) bond motifs is 1. The SMILES string of the molecule is CCC(N)(CC)C(=O)NCc1cc2c(s1)CCC2. The van der Waals surface area contributed by atoms with Crippen LogP contribution in [0, 0.1) is 0 Å². The average molecular weight is 266 g/mol. The van der Waals surface area contributed by atoms with E-state index in [4.69, 9.17) is 5.73 Å². The Labute approximate surface area is 113 Å². The van der Waals surface area contributed by atoms with Crippen LogP contribution in [0.15, 0.2) is 6.07 Å². The quantitative estimate of drug-likeness (QED) is 0.859. The first-order chi connectivity index (χ1) is 8.59. The molecule has 1 aliphatic carbocycles. The number of nitrogens with two attached hydrogens (primary N) is 1. The summed E-state index contributed by atoms with van der Waals surface area (Å²) in [4.78, 5) is 14.8. The van der Waals surface area contributed by atoms with E-state index in [-0.39, 0.29) is 5.91 Å². The fourth-order valence-electron chi connectivity index (χ4n) is 2.39. The van der Waals surface area contributed by atoms with Gasteiger partial charge in [0, 0.05) is 9.75 Å². The molecule has 0 saturated carbocycles. The van der Waals surface area contributed by atoms with Crippen LogP contribution in [0.2, 0.25) is 0 Å². The monoisotopic (exact) mass is 266 g/mol. The highest BCUT2D eigenvalue weighted by molar-refractivity contribution is 7.12. The number of aryl methyl sites for hydroxylation is 2. The molecule has 1 amide bonds. The Morgan fingerprint density at radius 3 is 2.78 bits per heavy atom. The van der Waals surface area contributed by atoms with E-state index in [9.17, 15) is 4.79 Å². The van der Waals surface area contributed by atoms with E-state index in [1.807, 2.05) is 25.2 Å². The van der Waals surface area contributed by atoms with Crippen molar-refractivity contribution in [2.45, 2.75) is 58.0 Å². The van der Waals surface area contributed by atoms with Gasteiger partial charge in [0.25, 0.3) is 0 Å². The molecule has 1 heterocycles. The summed E-state index contributed by atoms with van der Waals surface area (Å²) >= 11 is 1.83. The molecule has 0 radical (unpaired) electrons. The second-order valence-corrected chi connectivity index (χ2v) is 6.28. The van der Waals surface area contributed by atoms with Gasteiger partial charge in [0.2, 0.25) is 5.91 Å². The summed E-state index contributed by atoms with van der Waals surface area (Å²) in [6, 6.07) is 2.24. The normalized spacial score (nSPS) is 14.6. The standard InChI is InChI=1S/C14H22N2OS/c1-3-14(15,4-2)13(17)16-9-11-8-10-6-5-7-12(10)18-11/h8H,3-7,9,15H2,1-2H3,(H,16,17). The molecule has 0 atom stereocenters. The maximum atomic E-state index is 12.0. The topological polar surface area (TPSA) is 55.1 Å². The van der Waals surface area contributed by atoms with Crippen molar-refractivity contribution in [2.75, 3.05) is 0 Å². The van der Waals surface area contributed by atoms with Crippen LogP contribution < -0.4 is 11.1 Å². The van der Waals surface area contributed by atoms with Gasteiger partial charge < -0.3 is 11.1 Å². The van der Waals surface area contributed by atoms with Crippen molar-refractivity contribution < 1.29 is 4.79 Å². The van der Waals surface area contributed by atoms with Crippen molar-refractivity contribution in [2.24, 2.45) is 5.73 Å². The molecule has 0 saturated heterocycles. The summed E-state index contributed by atoms with van der Waals surface area (Å²) in [7, 11) is 0. The molecule has 1 aromatic heterocycles. The van der Waals surface area contributed by atoms with Crippen LogP contribution in [0.5, 0.6) is 0 Å². The third kappa shape index (κ3) is 2.59. The average Bonchev–Trinajstić information content (AvgIpc) is 2.95. The minimum atomic E-state index is -0.708. The maximum Gasteiger partial charge on any atom is 0.240 e. The predicted octanol–water partition coefficient (Wildman–Crippen LogP) is 2.37. The van der Waals surface area contributed by atoms with E-state index < -0.39 is 5.54 Å². The lowest BCUT2D eigenvalue weighted by molar-refractivity contribution is -0.126. The first kappa shape index (κ1) is 13.6. The highest BCUT2D eigenvalue weighted by Gasteiger charge is 2.29. The Balaban J connectivity index is 1.93. The summed E-state index contributed by atoms with van der Waals surface area (Å²) < 4.78 is 0. The zero-order valence-corrected chi connectivity index (χ0v) is 12.0. The summed E-state index contributed by atoms with van der Waals surface area (Å²) in [6.07, 6.45) is 5.04. The number of carbonyl (C=O) groups excluding carboxylic acids is 1. The van der Waals surface area contributed by atoms with Crippen molar-refractivity contribution in [3.8, 4) is 0 Å². The first-order valence-corrected chi connectivity index (χ1v) is 7.58. The van der Waals surface area contributed by atoms with Gasteiger partial charge in [0.15, 0.2) is 0 Å². The number of hydrogen-bond acceptors (Lipinski definition) is 3. The molecule has 0 aromatic carbocycles. The molecule has 1 aliphatic rings. The Morgan fingerprint density at radius 2 is 2.17 bits per heavy atom. The summed E-state index contributed by atoms with van der Waals surface area (Å²) in [5.74, 6) is -0.0268. The van der Waals surface area contributed by atoms with Crippen LogP contribution in [0.3, 0.4) is 0 Å². The minimum Gasteiger partial charge on any atom is -0.350 e. The van der Waals surface area contributed by atoms with Gasteiger partial charge in [0.1, 0.15) is 0 Å². The van der Waals surface area contributed by atoms with Crippen molar-refractivity contribution >= 4 is 17.2 Å². The van der Waals surface area contributed by atoms with Gasteiger partial charge in [-0.3, -0.25) is 4.79 Å². The second-order valence-electron chi connectivity index (χ2n) is 5.06.